The lowest BCUT2D eigenvalue weighted by molar-refractivity contribution is -0.121. The Morgan fingerprint density at radius 2 is 1.90 bits per heavy atom. The van der Waals surface area contributed by atoms with E-state index in [4.69, 9.17) is 4.52 Å². The highest BCUT2D eigenvalue weighted by Crippen LogP contribution is 2.14. The smallest absolute Gasteiger partial charge is 0.261 e. The second kappa shape index (κ2) is 10.0. The summed E-state index contributed by atoms with van der Waals surface area (Å²) in [5.41, 5.74) is 3.49. The average molecular weight is 409 g/mol. The van der Waals surface area contributed by atoms with Crippen molar-refractivity contribution in [2.75, 3.05) is 0 Å². The SMILES string of the molecule is CCCn1c(C)ccc(-c2noc(CCCC(=O)NCc3ccc(C)cc3)n2)c1=O. The van der Waals surface area contributed by atoms with Gasteiger partial charge >= 0.3 is 0 Å². The maximum atomic E-state index is 12.7. The topological polar surface area (TPSA) is 90.0 Å². The molecule has 0 aliphatic carbocycles. The van der Waals surface area contributed by atoms with Crippen LogP contribution in [0.3, 0.4) is 0 Å². The highest BCUT2D eigenvalue weighted by atomic mass is 16.5. The largest absolute Gasteiger partial charge is 0.352 e. The minimum Gasteiger partial charge on any atom is -0.352 e. The van der Waals surface area contributed by atoms with E-state index >= 15 is 0 Å². The number of aromatic nitrogens is 3. The fourth-order valence-corrected chi connectivity index (χ4v) is 3.20. The second-order valence-corrected chi connectivity index (χ2v) is 7.47. The number of nitrogens with one attached hydrogen (secondary N) is 1. The zero-order valence-corrected chi connectivity index (χ0v) is 17.8. The quantitative estimate of drug-likeness (QED) is 0.585. The van der Waals surface area contributed by atoms with Crippen LogP contribution in [0.25, 0.3) is 11.4 Å². The number of hydrogen-bond acceptors (Lipinski definition) is 5. The van der Waals surface area contributed by atoms with Gasteiger partial charge in [0.2, 0.25) is 17.6 Å². The van der Waals surface area contributed by atoms with Gasteiger partial charge in [-0.05, 0) is 44.4 Å². The third-order valence-electron chi connectivity index (χ3n) is 4.95. The Hall–Kier alpha value is -3.22. The molecule has 0 atom stereocenters. The molecule has 2 aromatic heterocycles. The first-order chi connectivity index (χ1) is 14.5. The average Bonchev–Trinajstić information content (AvgIpc) is 3.19. The molecular formula is C23H28N4O3. The van der Waals surface area contributed by atoms with Crippen LogP contribution in [0.1, 0.15) is 48.9 Å². The van der Waals surface area contributed by atoms with Gasteiger partial charge in [-0.15, -0.1) is 0 Å². The number of hydrogen-bond donors (Lipinski definition) is 1. The first-order valence-corrected chi connectivity index (χ1v) is 10.3. The van der Waals surface area contributed by atoms with Gasteiger partial charge in [-0.1, -0.05) is 41.9 Å². The van der Waals surface area contributed by atoms with Gasteiger partial charge in [0, 0.05) is 31.6 Å². The molecule has 0 saturated heterocycles. The number of amides is 1. The number of carbonyl (C=O) groups excluding carboxylic acids is 1. The lowest BCUT2D eigenvalue weighted by Crippen LogP contribution is -2.23. The zero-order chi connectivity index (χ0) is 21.5. The van der Waals surface area contributed by atoms with Crippen LogP contribution >= 0.6 is 0 Å². The molecule has 0 aliphatic rings. The number of carbonyl (C=O) groups is 1. The molecule has 3 rings (SSSR count). The predicted molar refractivity (Wildman–Crippen MR) is 115 cm³/mol. The van der Waals surface area contributed by atoms with Gasteiger partial charge in [-0.2, -0.15) is 4.98 Å². The van der Waals surface area contributed by atoms with E-state index in [1.807, 2.05) is 51.1 Å². The Morgan fingerprint density at radius 1 is 1.13 bits per heavy atom. The number of pyridine rings is 1. The Kier molecular flexibility index (Phi) is 7.17. The van der Waals surface area contributed by atoms with Crippen molar-refractivity contribution in [2.45, 2.75) is 59.5 Å². The fraction of sp³-hybridized carbons (Fsp3) is 0.391. The van der Waals surface area contributed by atoms with E-state index in [-0.39, 0.29) is 11.5 Å². The molecule has 0 bridgehead atoms. The second-order valence-electron chi connectivity index (χ2n) is 7.47. The van der Waals surface area contributed by atoms with E-state index in [1.165, 1.54) is 5.56 Å². The summed E-state index contributed by atoms with van der Waals surface area (Å²) in [4.78, 5) is 29.1. The number of nitrogens with zero attached hydrogens (tertiary/aromatic N) is 3. The number of benzene rings is 1. The number of rotatable bonds is 9. The molecule has 0 fully saturated rings. The van der Waals surface area contributed by atoms with E-state index in [1.54, 1.807) is 10.6 Å². The summed E-state index contributed by atoms with van der Waals surface area (Å²) in [7, 11) is 0. The molecule has 7 nitrogen and oxygen atoms in total. The molecule has 7 heteroatoms. The maximum Gasteiger partial charge on any atom is 0.261 e. The fourth-order valence-electron chi connectivity index (χ4n) is 3.20. The van der Waals surface area contributed by atoms with E-state index < -0.39 is 0 Å². The minimum absolute atomic E-state index is 0.0173. The van der Waals surface area contributed by atoms with Gasteiger partial charge in [0.1, 0.15) is 0 Å². The molecule has 30 heavy (non-hydrogen) atoms. The van der Waals surface area contributed by atoms with Crippen molar-refractivity contribution in [1.82, 2.24) is 20.0 Å². The van der Waals surface area contributed by atoms with Crippen LogP contribution in [0.4, 0.5) is 0 Å². The van der Waals surface area contributed by atoms with E-state index in [0.29, 0.717) is 49.6 Å². The van der Waals surface area contributed by atoms with Crippen LogP contribution in [-0.2, 0) is 24.3 Å². The van der Waals surface area contributed by atoms with E-state index in [2.05, 4.69) is 15.5 Å². The number of aryl methyl sites for hydroxylation is 3. The van der Waals surface area contributed by atoms with Gasteiger partial charge in [0.05, 0.1) is 5.56 Å². The summed E-state index contributed by atoms with van der Waals surface area (Å²) >= 11 is 0. The summed E-state index contributed by atoms with van der Waals surface area (Å²) in [6, 6.07) is 11.7. The minimum atomic E-state index is -0.111. The van der Waals surface area contributed by atoms with E-state index in [0.717, 1.165) is 17.7 Å². The monoisotopic (exact) mass is 408 g/mol. The zero-order valence-electron chi connectivity index (χ0n) is 17.8. The highest BCUT2D eigenvalue weighted by molar-refractivity contribution is 5.75. The van der Waals surface area contributed by atoms with Gasteiger partial charge in [-0.3, -0.25) is 9.59 Å². The third kappa shape index (κ3) is 5.43. The molecule has 1 N–H and O–H groups in total. The van der Waals surface area contributed by atoms with Crippen LogP contribution < -0.4 is 10.9 Å². The van der Waals surface area contributed by atoms with Crippen LogP contribution in [0.5, 0.6) is 0 Å². The van der Waals surface area contributed by atoms with Crippen LogP contribution in [0.15, 0.2) is 45.7 Å². The standard InChI is InChI=1S/C23H28N4O3/c1-4-14-27-17(3)10-13-19(23(27)29)22-25-21(30-26-22)7-5-6-20(28)24-15-18-11-8-16(2)9-12-18/h8-13H,4-7,14-15H2,1-3H3,(H,24,28). The molecule has 2 heterocycles. The van der Waals surface area contributed by atoms with Gasteiger partial charge in [0.15, 0.2) is 0 Å². The maximum absolute atomic E-state index is 12.7. The van der Waals surface area contributed by atoms with Crippen LogP contribution in [-0.4, -0.2) is 20.6 Å². The van der Waals surface area contributed by atoms with Crippen molar-refractivity contribution in [3.8, 4) is 11.4 Å². The van der Waals surface area contributed by atoms with Crippen LogP contribution in [0, 0.1) is 13.8 Å². The summed E-state index contributed by atoms with van der Waals surface area (Å²) in [5, 5.41) is 6.88. The Balaban J connectivity index is 1.52. The third-order valence-corrected chi connectivity index (χ3v) is 4.95. The van der Waals surface area contributed by atoms with Gasteiger partial charge in [0.25, 0.3) is 5.56 Å². The molecule has 0 radical (unpaired) electrons. The molecule has 0 saturated carbocycles. The molecular weight excluding hydrogens is 380 g/mol. The highest BCUT2D eigenvalue weighted by Gasteiger charge is 2.15. The Morgan fingerprint density at radius 3 is 2.63 bits per heavy atom. The first-order valence-electron chi connectivity index (χ1n) is 10.3. The Labute approximate surface area is 176 Å². The van der Waals surface area contributed by atoms with Crippen molar-refractivity contribution < 1.29 is 9.32 Å². The molecule has 3 aromatic rings. The molecule has 0 aliphatic heterocycles. The van der Waals surface area contributed by atoms with Gasteiger partial charge < -0.3 is 14.4 Å². The van der Waals surface area contributed by atoms with Crippen molar-refractivity contribution in [1.29, 1.82) is 0 Å². The summed E-state index contributed by atoms with van der Waals surface area (Å²) in [5.74, 6) is 0.707. The molecule has 1 amide bonds. The van der Waals surface area contributed by atoms with Gasteiger partial charge in [-0.25, -0.2) is 0 Å². The molecule has 0 spiro atoms. The Bertz CT molecular complexity index is 1050. The van der Waals surface area contributed by atoms with Crippen molar-refractivity contribution in [2.24, 2.45) is 0 Å². The first kappa shape index (κ1) is 21.5. The van der Waals surface area contributed by atoms with Crippen molar-refractivity contribution in [3.63, 3.8) is 0 Å². The van der Waals surface area contributed by atoms with Crippen molar-refractivity contribution >= 4 is 5.91 Å². The lowest BCUT2D eigenvalue weighted by atomic mass is 10.1. The van der Waals surface area contributed by atoms with Crippen molar-refractivity contribution in [3.05, 3.63) is 69.5 Å². The summed E-state index contributed by atoms with van der Waals surface area (Å²) in [6.07, 6.45) is 2.32. The molecule has 0 unspecified atom stereocenters. The molecule has 1 aromatic carbocycles. The van der Waals surface area contributed by atoms with Crippen LogP contribution in [0.2, 0.25) is 0 Å². The molecule has 158 valence electrons. The lowest BCUT2D eigenvalue weighted by Gasteiger charge is -2.09. The summed E-state index contributed by atoms with van der Waals surface area (Å²) in [6.45, 7) is 7.14. The predicted octanol–water partition coefficient (Wildman–Crippen LogP) is 3.56. The van der Waals surface area contributed by atoms with E-state index in [9.17, 15) is 9.59 Å². The normalized spacial score (nSPS) is 10.9. The summed E-state index contributed by atoms with van der Waals surface area (Å²) < 4.78 is 7.01.